The highest BCUT2D eigenvalue weighted by atomic mass is 16.6. The summed E-state index contributed by atoms with van der Waals surface area (Å²) in [6, 6.07) is 3.67. The number of amides is 2. The summed E-state index contributed by atoms with van der Waals surface area (Å²) in [5.74, 6) is 1.58. The highest BCUT2D eigenvalue weighted by molar-refractivity contribution is 5.89. The van der Waals surface area contributed by atoms with Crippen LogP contribution < -0.4 is 9.80 Å². The molecule has 1 fully saturated rings. The van der Waals surface area contributed by atoms with Crippen LogP contribution in [-0.2, 0) is 22.9 Å². The van der Waals surface area contributed by atoms with Gasteiger partial charge in [-0.25, -0.2) is 29.4 Å². The predicted octanol–water partition coefficient (Wildman–Crippen LogP) is 5.05. The monoisotopic (exact) mass is 537 g/mol. The first kappa shape index (κ1) is 28.1. The number of rotatable bonds is 5. The van der Waals surface area contributed by atoms with E-state index in [1.807, 2.05) is 40.7 Å². The van der Waals surface area contributed by atoms with Gasteiger partial charge in [0, 0.05) is 33.3 Å². The second-order valence-corrected chi connectivity index (χ2v) is 11.9. The average molecular weight is 538 g/mol. The third-order valence-electron chi connectivity index (χ3n) is 6.37. The molecule has 4 heterocycles. The van der Waals surface area contributed by atoms with Gasteiger partial charge >= 0.3 is 12.2 Å². The highest BCUT2D eigenvalue weighted by Crippen LogP contribution is 2.32. The van der Waals surface area contributed by atoms with E-state index in [1.165, 1.54) is 0 Å². The molecule has 210 valence electrons. The standard InChI is InChI=1S/C28H39N7O4/c1-10-18-11-24(30-14-22(18)33(9)23-12-21-20(13-29-23)31-17-32(21)8)34-15-19(16-34)35(25(36)38-27(2,3)4)26(37)39-28(5,6)7/h11-14,17,19H,10,15-16H2,1-9H3. The highest BCUT2D eigenvalue weighted by Gasteiger charge is 2.43. The Kier molecular flexibility index (Phi) is 7.46. The lowest BCUT2D eigenvalue weighted by Gasteiger charge is -2.45. The van der Waals surface area contributed by atoms with Crippen LogP contribution in [0.25, 0.3) is 11.0 Å². The third kappa shape index (κ3) is 6.23. The maximum atomic E-state index is 13.0. The number of imide groups is 1. The number of anilines is 3. The number of carbonyl (C=O) groups is 2. The Morgan fingerprint density at radius 2 is 1.59 bits per heavy atom. The lowest BCUT2D eigenvalue weighted by atomic mass is 10.1. The van der Waals surface area contributed by atoms with Crippen molar-refractivity contribution in [2.24, 2.45) is 7.05 Å². The normalized spacial score (nSPS) is 14.2. The third-order valence-corrected chi connectivity index (χ3v) is 6.37. The molecule has 0 bridgehead atoms. The van der Waals surface area contributed by atoms with Crippen molar-refractivity contribution in [1.29, 1.82) is 0 Å². The van der Waals surface area contributed by atoms with Crippen molar-refractivity contribution in [3.05, 3.63) is 36.4 Å². The van der Waals surface area contributed by atoms with Gasteiger partial charge in [-0.3, -0.25) is 0 Å². The van der Waals surface area contributed by atoms with Gasteiger partial charge in [-0.2, -0.15) is 0 Å². The number of ether oxygens (including phenoxy) is 2. The Hall–Kier alpha value is -3.89. The molecule has 3 aromatic rings. The van der Waals surface area contributed by atoms with Crippen molar-refractivity contribution < 1.29 is 19.1 Å². The van der Waals surface area contributed by atoms with Gasteiger partial charge < -0.3 is 23.8 Å². The molecule has 0 aromatic carbocycles. The SMILES string of the molecule is CCc1cc(N2CC(N(C(=O)OC(C)(C)C)C(=O)OC(C)(C)C)C2)ncc1N(C)c1cc2c(cn1)ncn2C. The molecule has 11 heteroatoms. The van der Waals surface area contributed by atoms with Gasteiger partial charge in [0.15, 0.2) is 0 Å². The summed E-state index contributed by atoms with van der Waals surface area (Å²) in [6.07, 6.45) is 4.77. The average Bonchev–Trinajstić information content (AvgIpc) is 3.17. The molecule has 4 rings (SSSR count). The fraction of sp³-hybridized carbons (Fsp3) is 0.536. The van der Waals surface area contributed by atoms with E-state index in [-0.39, 0.29) is 0 Å². The zero-order chi connectivity index (χ0) is 28.7. The number of nitrogens with zero attached hydrogens (tertiary/aromatic N) is 7. The Morgan fingerprint density at radius 3 is 2.15 bits per heavy atom. The molecule has 0 saturated carbocycles. The number of hydrogen-bond donors (Lipinski definition) is 0. The van der Waals surface area contributed by atoms with E-state index in [9.17, 15) is 9.59 Å². The van der Waals surface area contributed by atoms with Gasteiger partial charge in [0.05, 0.1) is 36.0 Å². The summed E-state index contributed by atoms with van der Waals surface area (Å²) >= 11 is 0. The van der Waals surface area contributed by atoms with E-state index in [0.717, 1.165) is 45.2 Å². The smallest absolute Gasteiger partial charge is 0.420 e. The number of hydrogen-bond acceptors (Lipinski definition) is 9. The van der Waals surface area contributed by atoms with Crippen LogP contribution in [0.4, 0.5) is 26.9 Å². The van der Waals surface area contributed by atoms with Crippen LogP contribution in [0.15, 0.2) is 30.9 Å². The first-order valence-corrected chi connectivity index (χ1v) is 13.2. The molecule has 39 heavy (non-hydrogen) atoms. The summed E-state index contributed by atoms with van der Waals surface area (Å²) in [7, 11) is 3.93. The molecule has 0 spiro atoms. The van der Waals surface area contributed by atoms with Gasteiger partial charge in [0.1, 0.15) is 28.4 Å². The molecule has 0 atom stereocenters. The van der Waals surface area contributed by atoms with E-state index >= 15 is 0 Å². The Bertz CT molecular complexity index is 1340. The van der Waals surface area contributed by atoms with Crippen molar-refractivity contribution in [2.45, 2.75) is 72.1 Å². The second kappa shape index (κ2) is 10.3. The summed E-state index contributed by atoms with van der Waals surface area (Å²) in [4.78, 5) is 44.7. The van der Waals surface area contributed by atoms with Gasteiger partial charge in [-0.1, -0.05) is 6.92 Å². The Balaban J connectivity index is 1.52. The van der Waals surface area contributed by atoms with E-state index in [4.69, 9.17) is 14.5 Å². The van der Waals surface area contributed by atoms with Crippen LogP contribution in [-0.4, -0.2) is 74.0 Å². The number of imidazole rings is 1. The van der Waals surface area contributed by atoms with Gasteiger partial charge in [0.25, 0.3) is 0 Å². The van der Waals surface area contributed by atoms with Crippen molar-refractivity contribution >= 4 is 40.5 Å². The topological polar surface area (TPSA) is 106 Å². The van der Waals surface area contributed by atoms with Crippen molar-refractivity contribution in [3.63, 3.8) is 0 Å². The second-order valence-electron chi connectivity index (χ2n) is 11.9. The minimum absolute atomic E-state index is 0.390. The van der Waals surface area contributed by atoms with Crippen molar-refractivity contribution in [3.8, 4) is 0 Å². The number of pyridine rings is 2. The molecule has 0 unspecified atom stereocenters. The zero-order valence-corrected chi connectivity index (χ0v) is 24.3. The van der Waals surface area contributed by atoms with E-state index < -0.39 is 29.4 Å². The van der Waals surface area contributed by atoms with Crippen LogP contribution in [0.3, 0.4) is 0 Å². The summed E-state index contributed by atoms with van der Waals surface area (Å²) in [5.41, 5.74) is 2.43. The first-order valence-electron chi connectivity index (χ1n) is 13.2. The predicted molar refractivity (Wildman–Crippen MR) is 150 cm³/mol. The van der Waals surface area contributed by atoms with E-state index in [0.29, 0.717) is 13.1 Å². The molecule has 11 nitrogen and oxygen atoms in total. The molecular formula is C28H39N7O4. The molecule has 0 radical (unpaired) electrons. The number of carbonyl (C=O) groups excluding carboxylic acids is 2. The lowest BCUT2D eigenvalue weighted by molar-refractivity contribution is -0.00983. The summed E-state index contributed by atoms with van der Waals surface area (Å²) in [5, 5.41) is 0. The van der Waals surface area contributed by atoms with Crippen LogP contribution in [0.1, 0.15) is 54.0 Å². The summed E-state index contributed by atoms with van der Waals surface area (Å²) in [6.45, 7) is 13.6. The van der Waals surface area contributed by atoms with Crippen LogP contribution in [0, 0.1) is 0 Å². The Morgan fingerprint density at radius 1 is 0.974 bits per heavy atom. The van der Waals surface area contributed by atoms with Crippen LogP contribution in [0.2, 0.25) is 0 Å². The van der Waals surface area contributed by atoms with Gasteiger partial charge in [-0.05, 0) is 59.6 Å². The molecule has 1 aliphatic heterocycles. The van der Waals surface area contributed by atoms with E-state index in [1.54, 1.807) is 54.1 Å². The number of fused-ring (bicyclic) bond motifs is 1. The molecule has 0 aliphatic carbocycles. The first-order chi connectivity index (χ1) is 18.2. The quantitative estimate of drug-likeness (QED) is 0.442. The fourth-order valence-corrected chi connectivity index (χ4v) is 4.36. The van der Waals surface area contributed by atoms with Crippen LogP contribution >= 0.6 is 0 Å². The maximum absolute atomic E-state index is 13.0. The molecule has 3 aromatic heterocycles. The van der Waals surface area contributed by atoms with Gasteiger partial charge in [-0.15, -0.1) is 0 Å². The maximum Gasteiger partial charge on any atom is 0.420 e. The van der Waals surface area contributed by atoms with Gasteiger partial charge in [0.2, 0.25) is 0 Å². The zero-order valence-electron chi connectivity index (χ0n) is 24.3. The fourth-order valence-electron chi connectivity index (χ4n) is 4.36. The van der Waals surface area contributed by atoms with E-state index in [2.05, 4.69) is 23.0 Å². The summed E-state index contributed by atoms with van der Waals surface area (Å²) < 4.78 is 13.0. The van der Waals surface area contributed by atoms with Crippen molar-refractivity contribution in [2.75, 3.05) is 29.9 Å². The molecule has 1 saturated heterocycles. The minimum Gasteiger partial charge on any atom is -0.443 e. The molecular weight excluding hydrogens is 498 g/mol. The number of aryl methyl sites for hydroxylation is 2. The Labute approximate surface area is 229 Å². The largest absolute Gasteiger partial charge is 0.443 e. The lowest BCUT2D eigenvalue weighted by Crippen LogP contribution is -2.63. The molecule has 1 aliphatic rings. The number of aromatic nitrogens is 4. The van der Waals surface area contributed by atoms with Crippen LogP contribution in [0.5, 0.6) is 0 Å². The molecule has 2 amide bonds. The molecule has 0 N–H and O–H groups in total. The van der Waals surface area contributed by atoms with Crippen molar-refractivity contribution in [1.82, 2.24) is 24.4 Å². The minimum atomic E-state index is -0.740.